The highest BCUT2D eigenvalue weighted by atomic mass is 32.2. The Morgan fingerprint density at radius 2 is 2.00 bits per heavy atom. The van der Waals surface area contributed by atoms with Gasteiger partial charge in [0.15, 0.2) is 10.0 Å². The van der Waals surface area contributed by atoms with E-state index in [9.17, 15) is 8.42 Å². The van der Waals surface area contributed by atoms with Crippen LogP contribution in [0.4, 0.5) is 10.0 Å². The van der Waals surface area contributed by atoms with Gasteiger partial charge in [-0.2, -0.15) is 4.37 Å². The van der Waals surface area contributed by atoms with Crippen LogP contribution in [0.15, 0.2) is 33.3 Å². The Hall–Kier alpha value is -1.95. The molecule has 0 fully saturated rings. The van der Waals surface area contributed by atoms with Gasteiger partial charge in [0.1, 0.15) is 0 Å². The predicted molar refractivity (Wildman–Crippen MR) is 88.6 cm³/mol. The van der Waals surface area contributed by atoms with Crippen LogP contribution in [0.5, 0.6) is 5.19 Å². The number of nitrogens with zero attached hydrogens (tertiary/aromatic N) is 4. The van der Waals surface area contributed by atoms with Crippen LogP contribution in [0, 0.1) is 6.92 Å². The Labute approximate surface area is 139 Å². The molecule has 0 aliphatic rings. The molecule has 0 saturated carbocycles. The molecule has 2 N–H and O–H groups in total. The molecule has 0 aliphatic carbocycles. The first kappa shape index (κ1) is 15.9. The van der Waals surface area contributed by atoms with Gasteiger partial charge in [0, 0.05) is 5.39 Å². The molecule has 120 valence electrons. The molecule has 3 rings (SSSR count). The number of benzene rings is 1. The summed E-state index contributed by atoms with van der Waals surface area (Å²) >= 11 is 2.40. The number of primary sulfonamides is 1. The highest BCUT2D eigenvalue weighted by molar-refractivity contribution is 7.89. The van der Waals surface area contributed by atoms with E-state index in [-0.39, 0.29) is 4.90 Å². The summed E-state index contributed by atoms with van der Waals surface area (Å²) in [6.45, 7) is 1.80. The number of rotatable bonds is 4. The number of nitrogens with two attached hydrogens (primary N) is 1. The van der Waals surface area contributed by atoms with E-state index in [2.05, 4.69) is 19.6 Å². The van der Waals surface area contributed by atoms with Gasteiger partial charge in [0.05, 0.1) is 23.2 Å². The lowest BCUT2D eigenvalue weighted by atomic mass is 10.2. The van der Waals surface area contributed by atoms with Crippen molar-refractivity contribution in [1.29, 1.82) is 0 Å². The lowest BCUT2D eigenvalue weighted by Gasteiger charge is -1.97. The topological polar surface area (TPSA) is 120 Å². The Kier molecular flexibility index (Phi) is 4.10. The van der Waals surface area contributed by atoms with E-state index in [1.165, 1.54) is 30.6 Å². The van der Waals surface area contributed by atoms with Crippen LogP contribution in [-0.2, 0) is 10.0 Å². The van der Waals surface area contributed by atoms with Gasteiger partial charge in [-0.25, -0.2) is 18.5 Å². The van der Waals surface area contributed by atoms with Crippen molar-refractivity contribution in [3.8, 4) is 5.19 Å². The van der Waals surface area contributed by atoms with E-state index in [1.807, 2.05) is 0 Å². The van der Waals surface area contributed by atoms with E-state index >= 15 is 0 Å². The van der Waals surface area contributed by atoms with Gasteiger partial charge >= 0.3 is 0 Å². The number of fused-ring (bicyclic) bond motifs is 1. The van der Waals surface area contributed by atoms with Gasteiger partial charge < -0.3 is 4.74 Å². The van der Waals surface area contributed by atoms with Crippen LogP contribution in [0.25, 0.3) is 10.9 Å². The first-order chi connectivity index (χ1) is 10.9. The molecule has 0 radical (unpaired) electrons. The highest BCUT2D eigenvalue weighted by Crippen LogP contribution is 2.36. The van der Waals surface area contributed by atoms with Crippen LogP contribution >= 0.6 is 22.9 Å². The average Bonchev–Trinajstić information content (AvgIpc) is 3.07. The highest BCUT2D eigenvalue weighted by Gasteiger charge is 2.13. The van der Waals surface area contributed by atoms with E-state index in [1.54, 1.807) is 13.0 Å². The minimum atomic E-state index is -3.78. The largest absolute Gasteiger partial charge is 0.473 e. The zero-order valence-electron chi connectivity index (χ0n) is 12.0. The van der Waals surface area contributed by atoms with E-state index in [0.717, 1.165) is 11.5 Å². The summed E-state index contributed by atoms with van der Waals surface area (Å²) in [6.07, 6.45) is 0. The third kappa shape index (κ3) is 3.22. The zero-order chi connectivity index (χ0) is 16.6. The van der Waals surface area contributed by atoms with Crippen molar-refractivity contribution in [2.24, 2.45) is 15.4 Å². The summed E-state index contributed by atoms with van der Waals surface area (Å²) in [5.41, 5.74) is 1.34. The normalized spacial score (nSPS) is 12.3. The van der Waals surface area contributed by atoms with Crippen molar-refractivity contribution in [1.82, 2.24) is 9.36 Å². The van der Waals surface area contributed by atoms with Crippen molar-refractivity contribution in [3.63, 3.8) is 0 Å². The van der Waals surface area contributed by atoms with Gasteiger partial charge in [0.2, 0.25) is 10.0 Å². The van der Waals surface area contributed by atoms with Crippen molar-refractivity contribution >= 4 is 53.8 Å². The second-order valence-electron chi connectivity index (χ2n) is 4.49. The summed E-state index contributed by atoms with van der Waals surface area (Å²) < 4.78 is 32.2. The Morgan fingerprint density at radius 1 is 1.26 bits per heavy atom. The lowest BCUT2D eigenvalue weighted by Crippen LogP contribution is -2.11. The standard InChI is InChI=1S/C12H11N5O3S3/c1-6-10(21-12(14-6)20-2)15-16-11-8-5-7(23(13,18)19)3-4-9(8)17-22-11/h3-5H,1-2H3,(H2,13,18,19). The second-order valence-corrected chi connectivity index (χ2v) is 7.74. The van der Waals surface area contributed by atoms with E-state index in [4.69, 9.17) is 9.88 Å². The molecule has 2 aromatic heterocycles. The zero-order valence-corrected chi connectivity index (χ0v) is 14.5. The Morgan fingerprint density at radius 3 is 2.65 bits per heavy atom. The number of aromatic nitrogens is 2. The average molecular weight is 369 g/mol. The molecule has 2 heterocycles. The van der Waals surface area contributed by atoms with Crippen LogP contribution in [0.1, 0.15) is 5.69 Å². The van der Waals surface area contributed by atoms with E-state index < -0.39 is 10.0 Å². The monoisotopic (exact) mass is 369 g/mol. The van der Waals surface area contributed by atoms with Crippen LogP contribution in [-0.4, -0.2) is 24.9 Å². The molecule has 0 saturated heterocycles. The van der Waals surface area contributed by atoms with Gasteiger partial charge in [0.25, 0.3) is 5.19 Å². The molecule has 0 spiro atoms. The predicted octanol–water partition coefficient (Wildman–Crippen LogP) is 3.13. The fourth-order valence-corrected chi connectivity index (χ4v) is 3.72. The van der Waals surface area contributed by atoms with Gasteiger partial charge in [-0.05, 0) is 36.7 Å². The first-order valence-corrected chi connectivity index (χ1v) is 9.37. The SMILES string of the molecule is COc1nc(C)c(N=Nc2snc3ccc(S(N)(=O)=O)cc23)s1. The molecule has 23 heavy (non-hydrogen) atoms. The summed E-state index contributed by atoms with van der Waals surface area (Å²) in [5, 5.41) is 15.7. The molecule has 3 aromatic rings. The van der Waals surface area contributed by atoms with Crippen LogP contribution in [0.2, 0.25) is 0 Å². The molecular formula is C12H11N5O3S3. The van der Waals surface area contributed by atoms with Gasteiger partial charge in [-0.3, -0.25) is 0 Å². The first-order valence-electron chi connectivity index (χ1n) is 6.24. The third-order valence-electron chi connectivity index (χ3n) is 2.92. The molecule has 0 amide bonds. The minimum absolute atomic E-state index is 0.0114. The summed E-state index contributed by atoms with van der Waals surface area (Å²) in [7, 11) is -2.25. The third-order valence-corrected chi connectivity index (χ3v) is 5.59. The maximum atomic E-state index is 11.5. The van der Waals surface area contributed by atoms with Crippen LogP contribution < -0.4 is 9.88 Å². The van der Waals surface area contributed by atoms with Crippen molar-refractivity contribution in [2.45, 2.75) is 11.8 Å². The quantitative estimate of drug-likeness (QED) is 0.708. The summed E-state index contributed by atoms with van der Waals surface area (Å²) in [5.74, 6) is 0. The van der Waals surface area contributed by atoms with Gasteiger partial charge in [-0.15, -0.1) is 10.2 Å². The molecule has 0 atom stereocenters. The lowest BCUT2D eigenvalue weighted by molar-refractivity contribution is 0.411. The number of aryl methyl sites for hydroxylation is 1. The molecule has 8 nitrogen and oxygen atoms in total. The van der Waals surface area contributed by atoms with Crippen molar-refractivity contribution in [2.75, 3.05) is 7.11 Å². The smallest absolute Gasteiger partial charge is 0.275 e. The molecule has 0 bridgehead atoms. The molecule has 11 heteroatoms. The number of azo groups is 1. The fourth-order valence-electron chi connectivity index (χ4n) is 1.79. The molecule has 0 unspecified atom stereocenters. The number of sulfonamides is 1. The fraction of sp³-hybridized carbons (Fsp3) is 0.167. The number of thiazole rings is 1. The summed E-state index contributed by atoms with van der Waals surface area (Å²) in [6, 6.07) is 4.45. The second kappa shape index (κ2) is 5.92. The summed E-state index contributed by atoms with van der Waals surface area (Å²) in [4.78, 5) is 4.18. The maximum Gasteiger partial charge on any atom is 0.275 e. The minimum Gasteiger partial charge on any atom is -0.473 e. The number of hydrogen-bond acceptors (Lipinski definition) is 9. The maximum absolute atomic E-state index is 11.5. The molecule has 0 aliphatic heterocycles. The molecule has 1 aromatic carbocycles. The Bertz CT molecular complexity index is 1010. The van der Waals surface area contributed by atoms with E-state index in [0.29, 0.717) is 31.8 Å². The van der Waals surface area contributed by atoms with Crippen molar-refractivity contribution < 1.29 is 13.2 Å². The van der Waals surface area contributed by atoms with Crippen molar-refractivity contribution in [3.05, 3.63) is 23.9 Å². The molecular weight excluding hydrogens is 358 g/mol. The number of hydrogen-bond donors (Lipinski definition) is 1. The number of ether oxygens (including phenoxy) is 1. The van der Waals surface area contributed by atoms with Crippen LogP contribution in [0.3, 0.4) is 0 Å². The van der Waals surface area contributed by atoms with Gasteiger partial charge in [-0.1, -0.05) is 11.3 Å². The Balaban J connectivity index is 2.02. The number of methoxy groups -OCH3 is 1.